The van der Waals surface area contributed by atoms with Gasteiger partial charge in [0.05, 0.1) is 5.92 Å². The maximum absolute atomic E-state index is 10.6. The summed E-state index contributed by atoms with van der Waals surface area (Å²) < 4.78 is 0. The van der Waals surface area contributed by atoms with Crippen LogP contribution in [0.5, 0.6) is 0 Å². The van der Waals surface area contributed by atoms with Gasteiger partial charge in [-0.1, -0.05) is 6.92 Å². The highest BCUT2D eigenvalue weighted by atomic mass is 16.4. The quantitative estimate of drug-likeness (QED) is 0.592. The molecule has 0 saturated heterocycles. The van der Waals surface area contributed by atoms with Crippen LogP contribution in [0.4, 0.5) is 0 Å². The lowest BCUT2D eigenvalue weighted by atomic mass is 9.79. The smallest absolute Gasteiger partial charge is 0.308 e. The van der Waals surface area contributed by atoms with E-state index in [-0.39, 0.29) is 12.0 Å². The number of hydrogen-bond donors (Lipinski definition) is 2. The molecule has 3 N–H and O–H groups in total. The molecule has 1 aliphatic carbocycles. The summed E-state index contributed by atoms with van der Waals surface area (Å²) >= 11 is 0. The summed E-state index contributed by atoms with van der Waals surface area (Å²) in [6, 6.07) is -0.128. The lowest BCUT2D eigenvalue weighted by Crippen LogP contribution is -2.40. The predicted octanol–water partition coefficient (Wildman–Crippen LogP) is 0.834. The zero-order chi connectivity index (χ0) is 8.43. The Labute approximate surface area is 66.6 Å². The Morgan fingerprint density at radius 2 is 2.18 bits per heavy atom. The number of aliphatic carboxylic acids is 1. The van der Waals surface area contributed by atoms with Gasteiger partial charge in [-0.15, -0.1) is 0 Å². The molecule has 3 nitrogen and oxygen atoms in total. The SMILES string of the molecule is C[C@H]1CC[C@H](C(=O)O)[C@H](N)C1. The molecule has 0 unspecified atom stereocenters. The second-order valence-corrected chi connectivity index (χ2v) is 3.53. The van der Waals surface area contributed by atoms with E-state index in [4.69, 9.17) is 10.8 Å². The van der Waals surface area contributed by atoms with Crippen LogP contribution in [-0.4, -0.2) is 17.1 Å². The normalized spacial score (nSPS) is 38.5. The molecule has 0 aromatic carbocycles. The lowest BCUT2D eigenvalue weighted by Gasteiger charge is -2.29. The molecular formula is C8H15NO2. The molecule has 0 aliphatic heterocycles. The number of rotatable bonds is 1. The largest absolute Gasteiger partial charge is 0.481 e. The molecule has 1 fully saturated rings. The minimum Gasteiger partial charge on any atom is -0.481 e. The molecule has 0 heterocycles. The summed E-state index contributed by atoms with van der Waals surface area (Å²) in [4.78, 5) is 10.6. The third-order valence-corrected chi connectivity index (χ3v) is 2.48. The summed E-state index contributed by atoms with van der Waals surface area (Å²) in [7, 11) is 0. The first-order valence-corrected chi connectivity index (χ1v) is 4.09. The Morgan fingerprint density at radius 3 is 2.64 bits per heavy atom. The van der Waals surface area contributed by atoms with Crippen molar-refractivity contribution < 1.29 is 9.90 Å². The summed E-state index contributed by atoms with van der Waals surface area (Å²) in [6.45, 7) is 2.12. The lowest BCUT2D eigenvalue weighted by molar-refractivity contribution is -0.143. The van der Waals surface area contributed by atoms with Gasteiger partial charge in [-0.3, -0.25) is 4.79 Å². The zero-order valence-corrected chi connectivity index (χ0v) is 6.79. The summed E-state index contributed by atoms with van der Waals surface area (Å²) in [5, 5.41) is 8.71. The van der Waals surface area contributed by atoms with E-state index in [1.165, 1.54) is 0 Å². The monoisotopic (exact) mass is 157 g/mol. The van der Waals surface area contributed by atoms with E-state index < -0.39 is 5.97 Å². The predicted molar refractivity (Wildman–Crippen MR) is 42.1 cm³/mol. The molecule has 1 aliphatic rings. The number of carbonyl (C=O) groups is 1. The molecule has 0 radical (unpaired) electrons. The van der Waals surface area contributed by atoms with Crippen LogP contribution >= 0.6 is 0 Å². The van der Waals surface area contributed by atoms with Crippen LogP contribution in [0.3, 0.4) is 0 Å². The van der Waals surface area contributed by atoms with Crippen molar-refractivity contribution in [1.82, 2.24) is 0 Å². The molecule has 11 heavy (non-hydrogen) atoms. The summed E-state index contributed by atoms with van der Waals surface area (Å²) in [6.07, 6.45) is 2.61. The van der Waals surface area contributed by atoms with Crippen molar-refractivity contribution in [3.8, 4) is 0 Å². The third kappa shape index (κ3) is 1.93. The van der Waals surface area contributed by atoms with Gasteiger partial charge in [0, 0.05) is 6.04 Å². The van der Waals surface area contributed by atoms with Gasteiger partial charge in [0.15, 0.2) is 0 Å². The Kier molecular flexibility index (Phi) is 2.49. The van der Waals surface area contributed by atoms with Crippen molar-refractivity contribution in [3.63, 3.8) is 0 Å². The first-order valence-electron chi connectivity index (χ1n) is 4.09. The fraction of sp³-hybridized carbons (Fsp3) is 0.875. The standard InChI is InChI=1S/C8H15NO2/c1-5-2-3-6(8(10)11)7(9)4-5/h5-7H,2-4,9H2,1H3,(H,10,11)/t5-,6-,7+/m0/s1. The molecule has 0 aromatic heterocycles. The van der Waals surface area contributed by atoms with E-state index in [0.717, 1.165) is 19.3 Å². The van der Waals surface area contributed by atoms with Crippen LogP contribution in [0.1, 0.15) is 26.2 Å². The second kappa shape index (κ2) is 3.22. The van der Waals surface area contributed by atoms with Crippen LogP contribution in [0, 0.1) is 11.8 Å². The molecule has 1 rings (SSSR count). The first-order chi connectivity index (χ1) is 5.11. The van der Waals surface area contributed by atoms with Gasteiger partial charge < -0.3 is 10.8 Å². The average Bonchev–Trinajstić information content (AvgIpc) is 1.85. The van der Waals surface area contributed by atoms with Gasteiger partial charge in [-0.2, -0.15) is 0 Å². The van der Waals surface area contributed by atoms with Crippen LogP contribution < -0.4 is 5.73 Å². The van der Waals surface area contributed by atoms with Crippen molar-refractivity contribution in [2.45, 2.75) is 32.2 Å². The fourth-order valence-electron chi connectivity index (χ4n) is 1.73. The van der Waals surface area contributed by atoms with Gasteiger partial charge in [0.1, 0.15) is 0 Å². The van der Waals surface area contributed by atoms with Gasteiger partial charge in [0.2, 0.25) is 0 Å². The van der Waals surface area contributed by atoms with Crippen LogP contribution in [0.15, 0.2) is 0 Å². The van der Waals surface area contributed by atoms with E-state index in [1.54, 1.807) is 0 Å². The molecule has 0 spiro atoms. The Hall–Kier alpha value is -0.570. The molecule has 3 atom stereocenters. The summed E-state index contributed by atoms with van der Waals surface area (Å²) in [5.41, 5.74) is 5.69. The van der Waals surface area contributed by atoms with Crippen molar-refractivity contribution in [2.24, 2.45) is 17.6 Å². The average molecular weight is 157 g/mol. The van der Waals surface area contributed by atoms with Crippen molar-refractivity contribution in [3.05, 3.63) is 0 Å². The van der Waals surface area contributed by atoms with Gasteiger partial charge >= 0.3 is 5.97 Å². The molecule has 0 amide bonds. The molecule has 0 bridgehead atoms. The van der Waals surface area contributed by atoms with Crippen LogP contribution in [0.2, 0.25) is 0 Å². The maximum Gasteiger partial charge on any atom is 0.308 e. The Morgan fingerprint density at radius 1 is 1.55 bits per heavy atom. The van der Waals surface area contributed by atoms with Crippen molar-refractivity contribution in [1.29, 1.82) is 0 Å². The highest BCUT2D eigenvalue weighted by Gasteiger charge is 2.30. The van der Waals surface area contributed by atoms with Gasteiger partial charge in [0.25, 0.3) is 0 Å². The Bertz CT molecular complexity index is 158. The molecule has 3 heteroatoms. The molecule has 0 aromatic rings. The third-order valence-electron chi connectivity index (χ3n) is 2.48. The van der Waals surface area contributed by atoms with Crippen LogP contribution in [-0.2, 0) is 4.79 Å². The fourth-order valence-corrected chi connectivity index (χ4v) is 1.73. The highest BCUT2D eigenvalue weighted by molar-refractivity contribution is 5.71. The highest BCUT2D eigenvalue weighted by Crippen LogP contribution is 2.27. The number of carboxylic acid groups (broad SMARTS) is 1. The number of carboxylic acids is 1. The van der Waals surface area contributed by atoms with E-state index in [0.29, 0.717) is 5.92 Å². The van der Waals surface area contributed by atoms with E-state index in [2.05, 4.69) is 6.92 Å². The Balaban J connectivity index is 2.50. The topological polar surface area (TPSA) is 63.3 Å². The number of hydrogen-bond acceptors (Lipinski definition) is 2. The van der Waals surface area contributed by atoms with Gasteiger partial charge in [-0.05, 0) is 25.2 Å². The second-order valence-electron chi connectivity index (χ2n) is 3.53. The first kappa shape index (κ1) is 8.53. The van der Waals surface area contributed by atoms with E-state index >= 15 is 0 Å². The van der Waals surface area contributed by atoms with Gasteiger partial charge in [-0.25, -0.2) is 0 Å². The van der Waals surface area contributed by atoms with Crippen molar-refractivity contribution in [2.75, 3.05) is 0 Å². The number of nitrogens with two attached hydrogens (primary N) is 1. The molecular weight excluding hydrogens is 142 g/mol. The minimum absolute atomic E-state index is 0.128. The zero-order valence-electron chi connectivity index (χ0n) is 6.79. The van der Waals surface area contributed by atoms with E-state index in [1.807, 2.05) is 0 Å². The summed E-state index contributed by atoms with van der Waals surface area (Å²) in [5.74, 6) is -0.434. The maximum atomic E-state index is 10.6. The molecule has 64 valence electrons. The van der Waals surface area contributed by atoms with Crippen LogP contribution in [0.25, 0.3) is 0 Å². The molecule has 1 saturated carbocycles. The van der Waals surface area contributed by atoms with E-state index in [9.17, 15) is 4.79 Å². The van der Waals surface area contributed by atoms with Crippen molar-refractivity contribution >= 4 is 5.97 Å². The minimum atomic E-state index is -0.732.